The van der Waals surface area contributed by atoms with E-state index in [1.54, 1.807) is 24.3 Å². The summed E-state index contributed by atoms with van der Waals surface area (Å²) in [7, 11) is 0. The average Bonchev–Trinajstić information content (AvgIpc) is 3.02. The molecule has 136 valence electrons. The Kier molecular flexibility index (Phi) is 5.50. The Hall–Kier alpha value is -2.37. The Labute approximate surface area is 148 Å². The van der Waals surface area contributed by atoms with Crippen molar-refractivity contribution >= 4 is 17.8 Å². The molecule has 0 bridgehead atoms. The fourth-order valence-corrected chi connectivity index (χ4v) is 2.88. The first-order chi connectivity index (χ1) is 11.6. The summed E-state index contributed by atoms with van der Waals surface area (Å²) in [6.45, 7) is 6.64. The first-order valence-corrected chi connectivity index (χ1v) is 8.57. The van der Waals surface area contributed by atoms with Crippen LogP contribution in [-0.4, -0.2) is 35.0 Å². The molecular formula is C19H26N2O4. The molecule has 1 aromatic carbocycles. The summed E-state index contributed by atoms with van der Waals surface area (Å²) in [5, 5.41) is 14.9. The fourth-order valence-electron chi connectivity index (χ4n) is 2.88. The molecule has 1 aliphatic carbocycles. The first kappa shape index (κ1) is 19.0. The molecule has 0 heterocycles. The normalized spacial score (nSPS) is 16.3. The summed E-state index contributed by atoms with van der Waals surface area (Å²) in [5.41, 5.74) is -0.364. The Balaban J connectivity index is 2.03. The lowest BCUT2D eigenvalue weighted by molar-refractivity contribution is -0.144. The van der Waals surface area contributed by atoms with Gasteiger partial charge in [-0.05, 0) is 42.5 Å². The van der Waals surface area contributed by atoms with Gasteiger partial charge in [-0.2, -0.15) is 0 Å². The van der Waals surface area contributed by atoms with Crippen LogP contribution in [0.1, 0.15) is 67.2 Å². The number of carboxylic acid groups (broad SMARTS) is 1. The summed E-state index contributed by atoms with van der Waals surface area (Å²) in [6.07, 6.45) is 2.47. The van der Waals surface area contributed by atoms with Gasteiger partial charge in [0.25, 0.3) is 11.8 Å². The van der Waals surface area contributed by atoms with Crippen molar-refractivity contribution in [2.24, 2.45) is 5.41 Å². The zero-order valence-corrected chi connectivity index (χ0v) is 15.0. The van der Waals surface area contributed by atoms with Gasteiger partial charge in [-0.3, -0.25) is 9.59 Å². The molecule has 3 N–H and O–H groups in total. The second-order valence-electron chi connectivity index (χ2n) is 7.87. The number of nitrogens with one attached hydrogen (secondary N) is 2. The zero-order valence-electron chi connectivity index (χ0n) is 15.0. The zero-order chi connectivity index (χ0) is 18.7. The number of aliphatic carboxylic acids is 1. The largest absolute Gasteiger partial charge is 0.480 e. The Bertz CT molecular complexity index is 653. The number of carbonyl (C=O) groups is 3. The van der Waals surface area contributed by atoms with Gasteiger partial charge >= 0.3 is 5.97 Å². The monoisotopic (exact) mass is 346 g/mol. The van der Waals surface area contributed by atoms with Gasteiger partial charge in [0.05, 0.1) is 0 Å². The molecule has 1 fully saturated rings. The van der Waals surface area contributed by atoms with Crippen LogP contribution >= 0.6 is 0 Å². The Morgan fingerprint density at radius 2 is 1.48 bits per heavy atom. The number of benzene rings is 1. The molecule has 0 spiro atoms. The number of carboxylic acids is 1. The van der Waals surface area contributed by atoms with Crippen LogP contribution < -0.4 is 10.6 Å². The highest BCUT2D eigenvalue weighted by molar-refractivity contribution is 5.99. The highest BCUT2D eigenvalue weighted by Gasteiger charge is 2.42. The molecular weight excluding hydrogens is 320 g/mol. The quantitative estimate of drug-likeness (QED) is 0.763. The molecule has 0 unspecified atom stereocenters. The third-order valence-electron chi connectivity index (χ3n) is 4.41. The molecule has 0 aromatic heterocycles. The standard InChI is InChI=1S/C19H26N2O4/c1-18(2,3)12-20-15(22)13-6-8-14(9-7-13)16(23)21-19(17(24)25)10-4-5-11-19/h6-9H,4-5,10-12H2,1-3H3,(H,20,22)(H,21,23)(H,24,25). The van der Waals surface area contributed by atoms with Crippen molar-refractivity contribution in [2.45, 2.75) is 52.0 Å². The topological polar surface area (TPSA) is 95.5 Å². The van der Waals surface area contributed by atoms with Crippen LogP contribution in [0.25, 0.3) is 0 Å². The summed E-state index contributed by atoms with van der Waals surface area (Å²) in [4.78, 5) is 36.0. The van der Waals surface area contributed by atoms with Crippen LogP contribution in [0.2, 0.25) is 0 Å². The van der Waals surface area contributed by atoms with Crippen molar-refractivity contribution in [2.75, 3.05) is 6.54 Å². The average molecular weight is 346 g/mol. The van der Waals surface area contributed by atoms with Gasteiger partial charge in [0.2, 0.25) is 0 Å². The lowest BCUT2D eigenvalue weighted by atomic mass is 9.96. The van der Waals surface area contributed by atoms with Crippen LogP contribution in [0.5, 0.6) is 0 Å². The van der Waals surface area contributed by atoms with Gasteiger partial charge in [0, 0.05) is 17.7 Å². The lowest BCUT2D eigenvalue weighted by Crippen LogP contribution is -2.52. The summed E-state index contributed by atoms with van der Waals surface area (Å²) < 4.78 is 0. The van der Waals surface area contributed by atoms with Gasteiger partial charge in [0.1, 0.15) is 5.54 Å². The number of hydrogen-bond acceptors (Lipinski definition) is 3. The van der Waals surface area contributed by atoms with Crippen molar-refractivity contribution in [1.82, 2.24) is 10.6 Å². The second-order valence-corrected chi connectivity index (χ2v) is 7.87. The molecule has 0 aliphatic heterocycles. The number of amides is 2. The second kappa shape index (κ2) is 7.25. The van der Waals surface area contributed by atoms with Crippen molar-refractivity contribution < 1.29 is 19.5 Å². The van der Waals surface area contributed by atoms with E-state index in [-0.39, 0.29) is 11.3 Å². The van der Waals surface area contributed by atoms with E-state index in [9.17, 15) is 19.5 Å². The number of hydrogen-bond donors (Lipinski definition) is 3. The molecule has 0 atom stereocenters. The van der Waals surface area contributed by atoms with Crippen LogP contribution in [0.15, 0.2) is 24.3 Å². The van der Waals surface area contributed by atoms with Gasteiger partial charge in [-0.15, -0.1) is 0 Å². The van der Waals surface area contributed by atoms with Crippen molar-refractivity contribution in [3.8, 4) is 0 Å². The number of carbonyl (C=O) groups excluding carboxylic acids is 2. The predicted molar refractivity (Wildman–Crippen MR) is 94.5 cm³/mol. The fraction of sp³-hybridized carbons (Fsp3) is 0.526. The van der Waals surface area contributed by atoms with E-state index in [4.69, 9.17) is 0 Å². The van der Waals surface area contributed by atoms with E-state index in [1.165, 1.54) is 0 Å². The third kappa shape index (κ3) is 4.81. The van der Waals surface area contributed by atoms with E-state index in [2.05, 4.69) is 10.6 Å². The molecule has 1 saturated carbocycles. The SMILES string of the molecule is CC(C)(C)CNC(=O)c1ccc(C(=O)NC2(C(=O)O)CCCC2)cc1. The van der Waals surface area contributed by atoms with Crippen molar-refractivity contribution in [3.05, 3.63) is 35.4 Å². The maximum atomic E-state index is 12.4. The molecule has 6 heteroatoms. The van der Waals surface area contributed by atoms with Gasteiger partial charge < -0.3 is 15.7 Å². The van der Waals surface area contributed by atoms with Crippen LogP contribution in [0.4, 0.5) is 0 Å². The minimum atomic E-state index is -1.17. The highest BCUT2D eigenvalue weighted by Crippen LogP contribution is 2.30. The molecule has 1 aliphatic rings. The van der Waals surface area contributed by atoms with Gasteiger partial charge in [-0.1, -0.05) is 33.6 Å². The molecule has 1 aromatic rings. The van der Waals surface area contributed by atoms with Gasteiger partial charge in [0.15, 0.2) is 0 Å². The van der Waals surface area contributed by atoms with Crippen LogP contribution in [0.3, 0.4) is 0 Å². The summed E-state index contributed by atoms with van der Waals surface area (Å²) in [6, 6.07) is 6.25. The van der Waals surface area contributed by atoms with Gasteiger partial charge in [-0.25, -0.2) is 4.79 Å². The van der Waals surface area contributed by atoms with E-state index >= 15 is 0 Å². The Morgan fingerprint density at radius 1 is 1.00 bits per heavy atom. The first-order valence-electron chi connectivity index (χ1n) is 8.57. The molecule has 25 heavy (non-hydrogen) atoms. The minimum absolute atomic E-state index is 0.0120. The summed E-state index contributed by atoms with van der Waals surface area (Å²) >= 11 is 0. The Morgan fingerprint density at radius 3 is 1.92 bits per heavy atom. The molecule has 2 amide bonds. The number of rotatable bonds is 5. The van der Waals surface area contributed by atoms with E-state index in [0.717, 1.165) is 12.8 Å². The minimum Gasteiger partial charge on any atom is -0.480 e. The highest BCUT2D eigenvalue weighted by atomic mass is 16.4. The maximum absolute atomic E-state index is 12.4. The smallest absolute Gasteiger partial charge is 0.329 e. The maximum Gasteiger partial charge on any atom is 0.329 e. The lowest BCUT2D eigenvalue weighted by Gasteiger charge is -2.25. The molecule has 0 radical (unpaired) electrons. The van der Waals surface area contributed by atoms with Crippen molar-refractivity contribution in [3.63, 3.8) is 0 Å². The third-order valence-corrected chi connectivity index (χ3v) is 4.41. The van der Waals surface area contributed by atoms with E-state index < -0.39 is 17.4 Å². The summed E-state index contributed by atoms with van der Waals surface area (Å²) in [5.74, 6) is -1.61. The van der Waals surface area contributed by atoms with E-state index in [1.807, 2.05) is 20.8 Å². The molecule has 6 nitrogen and oxygen atoms in total. The molecule has 0 saturated heterocycles. The van der Waals surface area contributed by atoms with Crippen LogP contribution in [-0.2, 0) is 4.79 Å². The molecule has 2 rings (SSSR count). The van der Waals surface area contributed by atoms with Crippen molar-refractivity contribution in [1.29, 1.82) is 0 Å². The van der Waals surface area contributed by atoms with E-state index in [0.29, 0.717) is 30.5 Å². The van der Waals surface area contributed by atoms with Crippen LogP contribution in [0, 0.1) is 5.41 Å². The predicted octanol–water partition coefficient (Wildman–Crippen LogP) is 2.59.